The Morgan fingerprint density at radius 3 is 2.81 bits per heavy atom. The average molecular weight is 242 g/mol. The largest absolute Gasteiger partial charge is 0.325 e. The van der Waals surface area contributed by atoms with Crippen LogP contribution in [0.15, 0.2) is 5.16 Å². The van der Waals surface area contributed by atoms with Crippen molar-refractivity contribution in [2.24, 2.45) is 5.73 Å². The first-order valence-electron chi connectivity index (χ1n) is 5.44. The molecule has 0 saturated heterocycles. The number of hydrogen-bond acceptors (Lipinski definition) is 5. The number of rotatable bonds is 3. The summed E-state index contributed by atoms with van der Waals surface area (Å²) in [4.78, 5) is 4.08. The molecule has 1 saturated carbocycles. The highest BCUT2D eigenvalue weighted by atomic mass is 32.2. The molecule has 2 heterocycles. The Bertz CT molecular complexity index is 530. The minimum Gasteiger partial charge on any atom is -0.325 e. The molecule has 0 unspecified atom stereocenters. The first-order valence-corrected chi connectivity index (χ1v) is 7.09. The lowest BCUT2D eigenvalue weighted by Crippen LogP contribution is -2.22. The van der Waals surface area contributed by atoms with Gasteiger partial charge in [0.25, 0.3) is 0 Å². The summed E-state index contributed by atoms with van der Waals surface area (Å²) in [6, 6.07) is 0. The van der Waals surface area contributed by atoms with E-state index in [1.54, 1.807) is 0 Å². The van der Waals surface area contributed by atoms with Crippen LogP contribution in [0.2, 0.25) is 0 Å². The van der Waals surface area contributed by atoms with E-state index in [4.69, 9.17) is 5.73 Å². The van der Waals surface area contributed by atoms with Gasteiger partial charge in [0.05, 0.1) is 12.3 Å². The van der Waals surface area contributed by atoms with Gasteiger partial charge >= 0.3 is 0 Å². The molecule has 1 aromatic heterocycles. The van der Waals surface area contributed by atoms with E-state index in [1.165, 1.54) is 4.68 Å². The van der Waals surface area contributed by atoms with Crippen LogP contribution in [0, 0.1) is 0 Å². The molecule has 0 spiro atoms. The fraction of sp³-hybridized carbons (Fsp3) is 0.778. The van der Waals surface area contributed by atoms with E-state index in [9.17, 15) is 8.42 Å². The Morgan fingerprint density at radius 1 is 1.44 bits per heavy atom. The molecule has 6 nitrogen and oxygen atoms in total. The summed E-state index contributed by atoms with van der Waals surface area (Å²) in [6.07, 6.45) is 3.63. The lowest BCUT2D eigenvalue weighted by molar-refractivity contribution is 0.582. The number of hydrogen-bond donors (Lipinski definition) is 1. The van der Waals surface area contributed by atoms with E-state index in [-0.39, 0.29) is 16.4 Å². The zero-order valence-corrected chi connectivity index (χ0v) is 9.70. The SMILES string of the molecule is NC1(CCc2nc3n(n2)CCS3(=O)=O)CC1. The molecular formula is C9H14N4O2S. The lowest BCUT2D eigenvalue weighted by atomic mass is 10.1. The normalized spacial score (nSPS) is 24.3. The molecule has 0 atom stereocenters. The molecule has 16 heavy (non-hydrogen) atoms. The average Bonchev–Trinajstić information content (AvgIpc) is 2.72. The second-order valence-electron chi connectivity index (χ2n) is 4.71. The highest BCUT2D eigenvalue weighted by Gasteiger charge is 2.38. The van der Waals surface area contributed by atoms with Crippen molar-refractivity contribution in [3.63, 3.8) is 0 Å². The molecule has 1 aliphatic heterocycles. The zero-order chi connectivity index (χ0) is 11.4. The summed E-state index contributed by atoms with van der Waals surface area (Å²) in [6.45, 7) is 0.429. The summed E-state index contributed by atoms with van der Waals surface area (Å²) < 4.78 is 24.6. The van der Waals surface area contributed by atoms with Gasteiger partial charge in [-0.2, -0.15) is 5.10 Å². The van der Waals surface area contributed by atoms with Crippen LogP contribution < -0.4 is 5.73 Å². The van der Waals surface area contributed by atoms with E-state index < -0.39 is 9.84 Å². The zero-order valence-electron chi connectivity index (χ0n) is 8.89. The second kappa shape index (κ2) is 3.04. The van der Waals surface area contributed by atoms with Gasteiger partial charge in [0, 0.05) is 12.0 Å². The Hall–Kier alpha value is -0.950. The van der Waals surface area contributed by atoms with Gasteiger partial charge in [-0.15, -0.1) is 0 Å². The molecule has 1 fully saturated rings. The number of aromatic nitrogens is 3. The van der Waals surface area contributed by atoms with Crippen LogP contribution in [-0.4, -0.2) is 34.5 Å². The van der Waals surface area contributed by atoms with Gasteiger partial charge in [-0.1, -0.05) is 0 Å². The number of sulfone groups is 1. The summed E-state index contributed by atoms with van der Waals surface area (Å²) in [5, 5.41) is 4.32. The fourth-order valence-corrected chi connectivity index (χ4v) is 3.22. The van der Waals surface area contributed by atoms with Gasteiger partial charge < -0.3 is 5.73 Å². The number of nitrogens with zero attached hydrogens (tertiary/aromatic N) is 3. The van der Waals surface area contributed by atoms with Crippen LogP contribution >= 0.6 is 0 Å². The minimum absolute atomic E-state index is 0.0331. The number of aryl methyl sites for hydroxylation is 2. The van der Waals surface area contributed by atoms with Crippen molar-refractivity contribution >= 4 is 9.84 Å². The predicted octanol–water partition coefficient (Wildman–Crippen LogP) is -0.511. The van der Waals surface area contributed by atoms with Gasteiger partial charge in [0.2, 0.25) is 15.0 Å². The highest BCUT2D eigenvalue weighted by molar-refractivity contribution is 7.91. The molecule has 0 bridgehead atoms. The Kier molecular flexibility index (Phi) is 1.94. The van der Waals surface area contributed by atoms with Gasteiger partial charge in [0.1, 0.15) is 0 Å². The number of fused-ring (bicyclic) bond motifs is 1. The molecule has 7 heteroatoms. The minimum atomic E-state index is -3.16. The van der Waals surface area contributed by atoms with Crippen LogP contribution in [-0.2, 0) is 22.8 Å². The maximum absolute atomic E-state index is 11.5. The van der Waals surface area contributed by atoms with Crippen molar-refractivity contribution in [2.45, 2.75) is 42.9 Å². The predicted molar refractivity (Wildman–Crippen MR) is 56.5 cm³/mol. The third kappa shape index (κ3) is 1.63. The van der Waals surface area contributed by atoms with Crippen LogP contribution in [0.5, 0.6) is 0 Å². The van der Waals surface area contributed by atoms with Crippen molar-refractivity contribution < 1.29 is 8.42 Å². The molecule has 2 aliphatic rings. The second-order valence-corrected chi connectivity index (χ2v) is 6.72. The summed E-state index contributed by atoms with van der Waals surface area (Å²) in [5.41, 5.74) is 5.93. The Labute approximate surface area is 93.8 Å². The van der Waals surface area contributed by atoms with Crippen molar-refractivity contribution in [1.82, 2.24) is 14.8 Å². The molecule has 1 aliphatic carbocycles. The first-order chi connectivity index (χ1) is 7.49. The van der Waals surface area contributed by atoms with E-state index in [0.29, 0.717) is 18.8 Å². The maximum atomic E-state index is 11.5. The van der Waals surface area contributed by atoms with Crippen molar-refractivity contribution in [3.8, 4) is 0 Å². The molecule has 0 radical (unpaired) electrons. The van der Waals surface area contributed by atoms with E-state index >= 15 is 0 Å². The van der Waals surface area contributed by atoms with E-state index in [0.717, 1.165) is 19.3 Å². The molecule has 1 aromatic rings. The van der Waals surface area contributed by atoms with Crippen LogP contribution in [0.3, 0.4) is 0 Å². The standard InChI is InChI=1S/C9H14N4O2S/c10-9(3-4-9)2-1-7-11-8-13(12-7)5-6-16(8,14)15/h1-6,10H2. The van der Waals surface area contributed by atoms with Gasteiger partial charge in [-0.3, -0.25) is 0 Å². The molecular weight excluding hydrogens is 228 g/mol. The summed E-state index contributed by atoms with van der Waals surface area (Å²) >= 11 is 0. The van der Waals surface area contributed by atoms with Gasteiger partial charge in [-0.25, -0.2) is 18.1 Å². The Morgan fingerprint density at radius 2 is 2.19 bits per heavy atom. The van der Waals surface area contributed by atoms with Crippen LogP contribution in [0.25, 0.3) is 0 Å². The van der Waals surface area contributed by atoms with Crippen LogP contribution in [0.1, 0.15) is 25.1 Å². The van der Waals surface area contributed by atoms with Gasteiger partial charge in [-0.05, 0) is 19.3 Å². The third-order valence-electron chi connectivity index (χ3n) is 3.27. The van der Waals surface area contributed by atoms with E-state index in [2.05, 4.69) is 10.1 Å². The fourth-order valence-electron chi connectivity index (χ4n) is 1.92. The van der Waals surface area contributed by atoms with Crippen molar-refractivity contribution in [3.05, 3.63) is 5.82 Å². The van der Waals surface area contributed by atoms with Crippen LogP contribution in [0.4, 0.5) is 0 Å². The first kappa shape index (κ1) is 10.2. The topological polar surface area (TPSA) is 90.9 Å². The molecule has 0 aromatic carbocycles. The monoisotopic (exact) mass is 242 g/mol. The van der Waals surface area contributed by atoms with Crippen molar-refractivity contribution in [2.75, 3.05) is 5.75 Å². The molecule has 88 valence electrons. The molecule has 2 N–H and O–H groups in total. The van der Waals surface area contributed by atoms with E-state index in [1.807, 2.05) is 0 Å². The highest BCUT2D eigenvalue weighted by Crippen LogP contribution is 2.36. The quantitative estimate of drug-likeness (QED) is 0.770. The Balaban J connectivity index is 1.78. The molecule has 0 amide bonds. The summed E-state index contributed by atoms with van der Waals surface area (Å²) in [7, 11) is -3.16. The van der Waals surface area contributed by atoms with Gasteiger partial charge in [0.15, 0.2) is 5.82 Å². The number of nitrogens with two attached hydrogens (primary N) is 1. The lowest BCUT2D eigenvalue weighted by Gasteiger charge is -2.04. The molecule has 3 rings (SSSR count). The smallest absolute Gasteiger partial charge is 0.245 e. The summed E-state index contributed by atoms with van der Waals surface area (Å²) in [5.74, 6) is 0.735. The maximum Gasteiger partial charge on any atom is 0.245 e. The van der Waals surface area contributed by atoms with Crippen molar-refractivity contribution in [1.29, 1.82) is 0 Å². The third-order valence-corrected chi connectivity index (χ3v) is 4.85.